The molecule has 1 rings (SSSR count). The van der Waals surface area contributed by atoms with Crippen molar-refractivity contribution in [3.05, 3.63) is 30.3 Å². The molecule has 3 heteroatoms. The zero-order chi connectivity index (χ0) is 12.5. The van der Waals surface area contributed by atoms with Crippen LogP contribution in [0.25, 0.3) is 0 Å². The van der Waals surface area contributed by atoms with E-state index in [2.05, 4.69) is 60.7 Å². The Morgan fingerprint density at radius 1 is 1.18 bits per heavy atom. The van der Waals surface area contributed by atoms with Gasteiger partial charge in [-0.3, -0.25) is 0 Å². The van der Waals surface area contributed by atoms with Crippen LogP contribution in [0.5, 0.6) is 0 Å². The molecule has 0 atom stereocenters. The lowest BCUT2D eigenvalue weighted by molar-refractivity contribution is 0.634. The average Bonchev–Trinajstić information content (AvgIpc) is 2.34. The number of nitrogens with one attached hydrogen (secondary N) is 1. The molecule has 0 fully saturated rings. The van der Waals surface area contributed by atoms with Crippen molar-refractivity contribution in [3.63, 3.8) is 0 Å². The second-order valence-corrected chi connectivity index (χ2v) is 5.35. The zero-order valence-corrected chi connectivity index (χ0v) is 12.0. The van der Waals surface area contributed by atoms with Crippen LogP contribution in [-0.4, -0.2) is 37.7 Å². The van der Waals surface area contributed by atoms with Crippen molar-refractivity contribution in [1.29, 1.82) is 0 Å². The molecule has 1 aromatic carbocycles. The number of benzene rings is 1. The summed E-state index contributed by atoms with van der Waals surface area (Å²) in [5.74, 6) is 1.19. The molecule has 1 aromatic rings. The number of nitrogens with zero attached hydrogens (tertiary/aromatic N) is 1. The van der Waals surface area contributed by atoms with E-state index in [0.717, 1.165) is 19.6 Å². The number of hydrogen-bond acceptors (Lipinski definition) is 3. The Labute approximate surface area is 110 Å². The lowest BCUT2D eigenvalue weighted by atomic mass is 10.2. The van der Waals surface area contributed by atoms with Crippen molar-refractivity contribution in [3.8, 4) is 0 Å². The topological polar surface area (TPSA) is 15.3 Å². The Morgan fingerprint density at radius 2 is 1.88 bits per heavy atom. The van der Waals surface area contributed by atoms with Crippen LogP contribution in [0.2, 0.25) is 0 Å². The molecule has 17 heavy (non-hydrogen) atoms. The summed E-state index contributed by atoms with van der Waals surface area (Å²) in [6.45, 7) is 7.70. The van der Waals surface area contributed by atoms with Crippen molar-refractivity contribution in [1.82, 2.24) is 5.32 Å². The molecule has 0 aromatic heterocycles. The zero-order valence-electron chi connectivity index (χ0n) is 11.1. The minimum absolute atomic E-state index is 0.541. The first-order valence-corrected chi connectivity index (χ1v) is 7.66. The van der Waals surface area contributed by atoms with Gasteiger partial charge in [0.15, 0.2) is 0 Å². The average molecular weight is 252 g/mol. The van der Waals surface area contributed by atoms with E-state index < -0.39 is 0 Å². The first kappa shape index (κ1) is 14.4. The molecule has 0 aliphatic carbocycles. The minimum atomic E-state index is 0.541. The Bertz CT molecular complexity index is 288. The molecule has 0 heterocycles. The van der Waals surface area contributed by atoms with Crippen LogP contribution in [0.4, 0.5) is 5.69 Å². The molecule has 96 valence electrons. The first-order valence-electron chi connectivity index (χ1n) is 6.27. The summed E-state index contributed by atoms with van der Waals surface area (Å²) in [6, 6.07) is 11.2. The summed E-state index contributed by atoms with van der Waals surface area (Å²) in [6.07, 6.45) is 2.14. The molecule has 0 saturated heterocycles. The van der Waals surface area contributed by atoms with Crippen molar-refractivity contribution >= 4 is 17.4 Å². The van der Waals surface area contributed by atoms with Crippen LogP contribution in [0, 0.1) is 0 Å². The Hall–Kier alpha value is -0.670. The van der Waals surface area contributed by atoms with Gasteiger partial charge < -0.3 is 10.2 Å². The van der Waals surface area contributed by atoms with E-state index in [9.17, 15) is 0 Å². The molecule has 0 spiro atoms. The predicted octanol–water partition coefficient (Wildman–Crippen LogP) is 2.85. The third-order valence-corrected chi connectivity index (χ3v) is 3.34. The molecule has 0 saturated carbocycles. The van der Waals surface area contributed by atoms with Gasteiger partial charge in [-0.05, 0) is 32.2 Å². The van der Waals surface area contributed by atoms with Crippen molar-refractivity contribution in [2.45, 2.75) is 19.9 Å². The third-order valence-electron chi connectivity index (χ3n) is 2.72. The van der Waals surface area contributed by atoms with E-state index in [1.54, 1.807) is 0 Å². The van der Waals surface area contributed by atoms with E-state index in [-0.39, 0.29) is 0 Å². The van der Waals surface area contributed by atoms with Crippen LogP contribution in [0.15, 0.2) is 30.3 Å². The van der Waals surface area contributed by atoms with Gasteiger partial charge in [-0.1, -0.05) is 18.2 Å². The summed E-state index contributed by atoms with van der Waals surface area (Å²) in [7, 11) is 0. The molecule has 0 unspecified atom stereocenters. The Kier molecular flexibility index (Phi) is 7.13. The molecule has 2 nitrogen and oxygen atoms in total. The maximum atomic E-state index is 3.48. The fourth-order valence-corrected chi connectivity index (χ4v) is 2.15. The van der Waals surface area contributed by atoms with Crippen molar-refractivity contribution in [2.24, 2.45) is 0 Å². The Balaban J connectivity index is 2.40. The van der Waals surface area contributed by atoms with Gasteiger partial charge in [0.25, 0.3) is 0 Å². The monoisotopic (exact) mass is 252 g/mol. The van der Waals surface area contributed by atoms with Gasteiger partial charge in [0.05, 0.1) is 0 Å². The summed E-state index contributed by atoms with van der Waals surface area (Å²) in [5.41, 5.74) is 1.31. The molecule has 0 bridgehead atoms. The molecular weight excluding hydrogens is 228 g/mol. The summed E-state index contributed by atoms with van der Waals surface area (Å²) in [4.78, 5) is 2.44. The van der Waals surface area contributed by atoms with E-state index in [4.69, 9.17) is 0 Å². The fourth-order valence-electron chi connectivity index (χ4n) is 1.80. The summed E-state index contributed by atoms with van der Waals surface area (Å²) < 4.78 is 0. The van der Waals surface area contributed by atoms with Crippen LogP contribution in [0.1, 0.15) is 13.8 Å². The molecule has 0 aliphatic heterocycles. The van der Waals surface area contributed by atoms with Crippen molar-refractivity contribution < 1.29 is 0 Å². The predicted molar refractivity (Wildman–Crippen MR) is 80.2 cm³/mol. The lowest BCUT2D eigenvalue weighted by Gasteiger charge is -2.29. The van der Waals surface area contributed by atoms with E-state index in [0.29, 0.717) is 6.04 Å². The van der Waals surface area contributed by atoms with Gasteiger partial charge in [-0.2, -0.15) is 11.8 Å². The number of rotatable bonds is 8. The lowest BCUT2D eigenvalue weighted by Crippen LogP contribution is -2.37. The standard InChI is InChI=1S/C14H24N2S/c1-13(2)16(11-9-15-10-12-17-3)14-7-5-4-6-8-14/h4-8,13,15H,9-12H2,1-3H3. The van der Waals surface area contributed by atoms with Crippen molar-refractivity contribution in [2.75, 3.05) is 36.5 Å². The van der Waals surface area contributed by atoms with Gasteiger partial charge in [-0.15, -0.1) is 0 Å². The summed E-state index contributed by atoms with van der Waals surface area (Å²) >= 11 is 1.89. The van der Waals surface area contributed by atoms with Crippen LogP contribution < -0.4 is 10.2 Å². The highest BCUT2D eigenvalue weighted by Gasteiger charge is 2.08. The number of para-hydroxylation sites is 1. The molecule has 0 radical (unpaired) electrons. The van der Waals surface area contributed by atoms with Crippen LogP contribution in [-0.2, 0) is 0 Å². The molecular formula is C14H24N2S. The second-order valence-electron chi connectivity index (χ2n) is 4.37. The third kappa shape index (κ3) is 5.46. The highest BCUT2D eigenvalue weighted by molar-refractivity contribution is 7.98. The maximum Gasteiger partial charge on any atom is 0.0368 e. The first-order chi connectivity index (χ1) is 8.25. The smallest absolute Gasteiger partial charge is 0.0368 e. The van der Waals surface area contributed by atoms with E-state index >= 15 is 0 Å². The fraction of sp³-hybridized carbons (Fsp3) is 0.571. The van der Waals surface area contributed by atoms with Crippen LogP contribution >= 0.6 is 11.8 Å². The van der Waals surface area contributed by atoms with E-state index in [1.807, 2.05) is 11.8 Å². The van der Waals surface area contributed by atoms with Gasteiger partial charge >= 0.3 is 0 Å². The maximum absolute atomic E-state index is 3.48. The quantitative estimate of drug-likeness (QED) is 0.716. The molecule has 0 amide bonds. The van der Waals surface area contributed by atoms with Crippen LogP contribution in [0.3, 0.4) is 0 Å². The van der Waals surface area contributed by atoms with Gasteiger partial charge in [0, 0.05) is 37.1 Å². The SMILES string of the molecule is CSCCNCCN(c1ccccc1)C(C)C. The number of anilines is 1. The number of hydrogen-bond donors (Lipinski definition) is 1. The van der Waals surface area contributed by atoms with E-state index in [1.165, 1.54) is 11.4 Å². The van der Waals surface area contributed by atoms with Gasteiger partial charge in [0.1, 0.15) is 0 Å². The normalized spacial score (nSPS) is 10.8. The largest absolute Gasteiger partial charge is 0.368 e. The Morgan fingerprint density at radius 3 is 2.47 bits per heavy atom. The highest BCUT2D eigenvalue weighted by atomic mass is 32.2. The van der Waals surface area contributed by atoms with Gasteiger partial charge in [0.2, 0.25) is 0 Å². The second kappa shape index (κ2) is 8.43. The molecule has 1 N–H and O–H groups in total. The minimum Gasteiger partial charge on any atom is -0.368 e. The number of thioether (sulfide) groups is 1. The summed E-state index contributed by atoms with van der Waals surface area (Å²) in [5, 5.41) is 3.48. The highest BCUT2D eigenvalue weighted by Crippen LogP contribution is 2.15. The molecule has 0 aliphatic rings. The van der Waals surface area contributed by atoms with Gasteiger partial charge in [-0.25, -0.2) is 0 Å².